The van der Waals surface area contributed by atoms with Crippen LogP contribution in [0.15, 0.2) is 22.8 Å². The fraction of sp³-hybridized carbons (Fsp3) is 0.706. The Morgan fingerprint density at radius 2 is 2.18 bits per heavy atom. The zero-order valence-corrected chi connectivity index (χ0v) is 14.5. The maximum absolute atomic E-state index is 11.8. The van der Waals surface area contributed by atoms with Crippen molar-refractivity contribution in [3.8, 4) is 0 Å². The van der Waals surface area contributed by atoms with Crippen LogP contribution in [0.4, 0.5) is 4.79 Å². The van der Waals surface area contributed by atoms with Gasteiger partial charge in [0, 0.05) is 26.1 Å². The third-order valence-corrected chi connectivity index (χ3v) is 3.27. The molecule has 5 heteroatoms. The smallest absolute Gasteiger partial charge is 0.410 e. The van der Waals surface area contributed by atoms with Crippen molar-refractivity contribution in [3.05, 3.63) is 24.2 Å². The second kappa shape index (κ2) is 8.83. The molecule has 0 spiro atoms. The van der Waals surface area contributed by atoms with E-state index >= 15 is 0 Å². The molecule has 1 N–H and O–H groups in total. The molecule has 0 aliphatic heterocycles. The van der Waals surface area contributed by atoms with E-state index in [1.807, 2.05) is 32.9 Å². The molecular formula is C17H30N2O3. The van der Waals surface area contributed by atoms with Crippen molar-refractivity contribution in [2.75, 3.05) is 20.1 Å². The van der Waals surface area contributed by atoms with Crippen LogP contribution < -0.4 is 5.32 Å². The number of nitrogens with one attached hydrogen (secondary N) is 1. The van der Waals surface area contributed by atoms with Gasteiger partial charge < -0.3 is 19.4 Å². The zero-order chi connectivity index (χ0) is 16.6. The summed E-state index contributed by atoms with van der Waals surface area (Å²) in [6, 6.07) is 4.35. The number of rotatable bonds is 8. The molecule has 1 aromatic rings. The van der Waals surface area contributed by atoms with Crippen LogP contribution in [0, 0.1) is 0 Å². The van der Waals surface area contributed by atoms with Crippen LogP contribution in [0.1, 0.15) is 46.3 Å². The van der Waals surface area contributed by atoms with Crippen LogP contribution in [-0.2, 0) is 11.2 Å². The molecule has 0 bridgehead atoms. The Morgan fingerprint density at radius 3 is 2.77 bits per heavy atom. The van der Waals surface area contributed by atoms with E-state index in [4.69, 9.17) is 9.15 Å². The van der Waals surface area contributed by atoms with Gasteiger partial charge in [-0.2, -0.15) is 0 Å². The Labute approximate surface area is 134 Å². The van der Waals surface area contributed by atoms with E-state index in [1.54, 1.807) is 18.2 Å². The molecule has 1 atom stereocenters. The summed E-state index contributed by atoms with van der Waals surface area (Å²) in [5.74, 6) is 1.03. The summed E-state index contributed by atoms with van der Waals surface area (Å²) in [7, 11) is 1.77. The number of hydrogen-bond donors (Lipinski definition) is 1. The topological polar surface area (TPSA) is 54.7 Å². The molecule has 1 amide bonds. The summed E-state index contributed by atoms with van der Waals surface area (Å²) in [5.41, 5.74) is -0.441. The van der Waals surface area contributed by atoms with Crippen molar-refractivity contribution in [3.63, 3.8) is 0 Å². The van der Waals surface area contributed by atoms with Gasteiger partial charge in [-0.1, -0.05) is 0 Å². The van der Waals surface area contributed by atoms with Crippen molar-refractivity contribution < 1.29 is 13.9 Å². The van der Waals surface area contributed by atoms with Gasteiger partial charge in [0.25, 0.3) is 0 Å². The highest BCUT2D eigenvalue weighted by Gasteiger charge is 2.19. The second-order valence-electron chi connectivity index (χ2n) is 6.73. The van der Waals surface area contributed by atoms with Crippen molar-refractivity contribution in [1.82, 2.24) is 10.2 Å². The second-order valence-corrected chi connectivity index (χ2v) is 6.73. The van der Waals surface area contributed by atoms with Gasteiger partial charge in [-0.3, -0.25) is 0 Å². The van der Waals surface area contributed by atoms with E-state index < -0.39 is 5.60 Å². The Balaban J connectivity index is 2.09. The Hall–Kier alpha value is -1.49. The first-order valence-corrected chi connectivity index (χ1v) is 7.98. The van der Waals surface area contributed by atoms with Gasteiger partial charge in [0.2, 0.25) is 0 Å². The molecule has 22 heavy (non-hydrogen) atoms. The fourth-order valence-electron chi connectivity index (χ4n) is 2.01. The molecular weight excluding hydrogens is 280 g/mol. The number of carbonyl (C=O) groups is 1. The molecule has 1 heterocycles. The van der Waals surface area contributed by atoms with Gasteiger partial charge in [0.15, 0.2) is 0 Å². The van der Waals surface area contributed by atoms with E-state index in [2.05, 4.69) is 12.2 Å². The lowest BCUT2D eigenvalue weighted by Gasteiger charge is -2.24. The lowest BCUT2D eigenvalue weighted by Crippen LogP contribution is -2.36. The SMILES string of the molecule is CC(CCc1ccco1)NCCCN(C)C(=O)OC(C)(C)C. The lowest BCUT2D eigenvalue weighted by atomic mass is 10.1. The van der Waals surface area contributed by atoms with Crippen LogP contribution in [0.25, 0.3) is 0 Å². The molecule has 0 saturated heterocycles. The minimum atomic E-state index is -0.441. The zero-order valence-electron chi connectivity index (χ0n) is 14.5. The average Bonchev–Trinajstić information content (AvgIpc) is 2.92. The summed E-state index contributed by atoms with van der Waals surface area (Å²) < 4.78 is 10.6. The first kappa shape index (κ1) is 18.6. The van der Waals surface area contributed by atoms with Crippen LogP contribution >= 0.6 is 0 Å². The molecule has 0 aliphatic rings. The van der Waals surface area contributed by atoms with E-state index in [1.165, 1.54) is 0 Å². The normalized spacial score (nSPS) is 13.0. The first-order chi connectivity index (χ1) is 10.3. The highest BCUT2D eigenvalue weighted by Crippen LogP contribution is 2.09. The van der Waals surface area contributed by atoms with E-state index in [0.717, 1.165) is 31.6 Å². The van der Waals surface area contributed by atoms with Crippen LogP contribution in [-0.4, -0.2) is 42.8 Å². The molecule has 0 saturated carbocycles. The number of furan rings is 1. The number of amides is 1. The lowest BCUT2D eigenvalue weighted by molar-refractivity contribution is 0.0297. The van der Waals surface area contributed by atoms with Crippen LogP contribution in [0.2, 0.25) is 0 Å². The molecule has 1 aromatic heterocycles. The molecule has 0 radical (unpaired) electrons. The standard InChI is InChI=1S/C17H30N2O3/c1-14(9-10-15-8-6-13-21-15)18-11-7-12-19(5)16(20)22-17(2,3)4/h6,8,13-14,18H,7,9-12H2,1-5H3. The molecule has 1 rings (SSSR count). The van der Waals surface area contributed by atoms with Crippen LogP contribution in [0.5, 0.6) is 0 Å². The van der Waals surface area contributed by atoms with E-state index in [0.29, 0.717) is 12.6 Å². The number of carbonyl (C=O) groups excluding carboxylic acids is 1. The number of hydrogen-bond acceptors (Lipinski definition) is 4. The number of ether oxygens (including phenoxy) is 1. The van der Waals surface area contributed by atoms with Gasteiger partial charge in [-0.15, -0.1) is 0 Å². The minimum absolute atomic E-state index is 0.265. The largest absolute Gasteiger partial charge is 0.469 e. The van der Waals surface area contributed by atoms with E-state index in [-0.39, 0.29) is 6.09 Å². The predicted molar refractivity (Wildman–Crippen MR) is 88.0 cm³/mol. The van der Waals surface area contributed by atoms with Crippen LogP contribution in [0.3, 0.4) is 0 Å². The molecule has 126 valence electrons. The summed E-state index contributed by atoms with van der Waals surface area (Å²) >= 11 is 0. The Kier molecular flexibility index (Phi) is 7.45. The summed E-state index contributed by atoms with van der Waals surface area (Å²) in [6.07, 6.45) is 4.33. The van der Waals surface area contributed by atoms with Gasteiger partial charge >= 0.3 is 6.09 Å². The predicted octanol–water partition coefficient (Wildman–Crippen LogP) is 3.45. The van der Waals surface area contributed by atoms with Crippen molar-refractivity contribution >= 4 is 6.09 Å². The van der Waals surface area contributed by atoms with Crippen molar-refractivity contribution in [1.29, 1.82) is 0 Å². The van der Waals surface area contributed by atoms with Gasteiger partial charge in [-0.25, -0.2) is 4.79 Å². The van der Waals surface area contributed by atoms with Gasteiger partial charge in [0.05, 0.1) is 6.26 Å². The maximum atomic E-state index is 11.8. The monoisotopic (exact) mass is 310 g/mol. The van der Waals surface area contributed by atoms with E-state index in [9.17, 15) is 4.79 Å². The van der Waals surface area contributed by atoms with Gasteiger partial charge in [-0.05, 0) is 59.2 Å². The first-order valence-electron chi connectivity index (χ1n) is 7.98. The third-order valence-electron chi connectivity index (χ3n) is 3.27. The molecule has 5 nitrogen and oxygen atoms in total. The number of nitrogens with zero attached hydrogens (tertiary/aromatic N) is 1. The van der Waals surface area contributed by atoms with Gasteiger partial charge in [0.1, 0.15) is 11.4 Å². The average molecular weight is 310 g/mol. The summed E-state index contributed by atoms with van der Waals surface area (Å²) in [5, 5.41) is 3.47. The summed E-state index contributed by atoms with van der Waals surface area (Å²) in [4.78, 5) is 13.4. The summed E-state index contributed by atoms with van der Waals surface area (Å²) in [6.45, 7) is 9.36. The maximum Gasteiger partial charge on any atom is 0.410 e. The molecule has 0 fully saturated rings. The quantitative estimate of drug-likeness (QED) is 0.747. The van der Waals surface area contributed by atoms with Crippen molar-refractivity contribution in [2.24, 2.45) is 0 Å². The molecule has 1 unspecified atom stereocenters. The minimum Gasteiger partial charge on any atom is -0.469 e. The third kappa shape index (κ3) is 8.08. The highest BCUT2D eigenvalue weighted by molar-refractivity contribution is 5.67. The Bertz CT molecular complexity index is 424. The van der Waals surface area contributed by atoms with Crippen molar-refractivity contribution in [2.45, 2.75) is 58.6 Å². The number of aryl methyl sites for hydroxylation is 1. The Morgan fingerprint density at radius 1 is 1.45 bits per heavy atom. The molecule has 0 aromatic carbocycles. The molecule has 0 aliphatic carbocycles. The highest BCUT2D eigenvalue weighted by atomic mass is 16.6. The fourth-order valence-corrected chi connectivity index (χ4v) is 2.01.